The van der Waals surface area contributed by atoms with Crippen molar-refractivity contribution < 1.29 is 13.6 Å². The molecule has 1 N–H and O–H groups in total. The molecule has 6 heteroatoms. The number of hydrogen-bond acceptors (Lipinski definition) is 3. The van der Waals surface area contributed by atoms with Crippen LogP contribution in [0.25, 0.3) is 5.69 Å². The van der Waals surface area contributed by atoms with Gasteiger partial charge in [-0.25, -0.2) is 9.07 Å². The molecule has 2 heterocycles. The number of nitrogens with one attached hydrogen (secondary N) is 1. The predicted octanol–water partition coefficient (Wildman–Crippen LogP) is 3.40. The van der Waals surface area contributed by atoms with E-state index in [4.69, 9.17) is 4.42 Å². The highest BCUT2D eigenvalue weighted by molar-refractivity contribution is 5.91. The Kier molecular flexibility index (Phi) is 3.97. The third-order valence-electron chi connectivity index (χ3n) is 3.68. The first-order valence-corrected chi connectivity index (χ1v) is 7.21. The summed E-state index contributed by atoms with van der Waals surface area (Å²) < 4.78 is 19.8. The van der Waals surface area contributed by atoms with Gasteiger partial charge in [-0.15, -0.1) is 0 Å². The van der Waals surface area contributed by atoms with Crippen molar-refractivity contribution >= 4 is 5.91 Å². The van der Waals surface area contributed by atoms with Crippen LogP contribution >= 0.6 is 0 Å². The van der Waals surface area contributed by atoms with Crippen molar-refractivity contribution in [3.8, 4) is 5.69 Å². The quantitative estimate of drug-likeness (QED) is 0.803. The van der Waals surface area contributed by atoms with Crippen molar-refractivity contribution in [2.24, 2.45) is 0 Å². The Morgan fingerprint density at radius 1 is 1.30 bits per heavy atom. The minimum Gasteiger partial charge on any atom is -0.459 e. The zero-order valence-corrected chi connectivity index (χ0v) is 12.8. The maximum Gasteiger partial charge on any atom is 0.287 e. The van der Waals surface area contributed by atoms with Crippen molar-refractivity contribution in [1.29, 1.82) is 0 Å². The first-order valence-electron chi connectivity index (χ1n) is 7.21. The van der Waals surface area contributed by atoms with E-state index in [1.165, 1.54) is 18.4 Å². The largest absolute Gasteiger partial charge is 0.459 e. The average molecular weight is 313 g/mol. The van der Waals surface area contributed by atoms with Crippen LogP contribution in [0, 0.1) is 12.7 Å². The standard InChI is InChI=1S/C17H16FN3O2/c1-11(20-17(22)16-4-3-9-23-16)15-10-19-21(12(15)2)14-7-5-13(18)6-8-14/h3-11H,1-2H3,(H,20,22). The number of nitrogens with zero attached hydrogens (tertiary/aromatic N) is 2. The Balaban J connectivity index is 1.81. The fraction of sp³-hybridized carbons (Fsp3) is 0.176. The Bertz CT molecular complexity index is 807. The maximum atomic E-state index is 13.0. The third-order valence-corrected chi connectivity index (χ3v) is 3.68. The lowest BCUT2D eigenvalue weighted by Gasteiger charge is -2.13. The van der Waals surface area contributed by atoms with Crippen LogP contribution in [0.15, 0.2) is 53.3 Å². The van der Waals surface area contributed by atoms with E-state index in [1.54, 1.807) is 35.1 Å². The average Bonchev–Trinajstić information content (AvgIpc) is 3.18. The SMILES string of the molecule is Cc1c(C(C)NC(=O)c2ccco2)cnn1-c1ccc(F)cc1. The molecule has 3 rings (SSSR count). The highest BCUT2D eigenvalue weighted by Crippen LogP contribution is 2.20. The van der Waals surface area contributed by atoms with E-state index in [9.17, 15) is 9.18 Å². The van der Waals surface area contributed by atoms with Crippen LogP contribution in [-0.4, -0.2) is 15.7 Å². The summed E-state index contributed by atoms with van der Waals surface area (Å²) in [5.74, 6) is -0.310. The van der Waals surface area contributed by atoms with Gasteiger partial charge in [0.05, 0.1) is 24.2 Å². The van der Waals surface area contributed by atoms with Gasteiger partial charge in [0.2, 0.25) is 0 Å². The Morgan fingerprint density at radius 3 is 2.70 bits per heavy atom. The normalized spacial score (nSPS) is 12.1. The fourth-order valence-electron chi connectivity index (χ4n) is 2.44. The van der Waals surface area contributed by atoms with E-state index < -0.39 is 0 Å². The van der Waals surface area contributed by atoms with Crippen LogP contribution in [0.1, 0.15) is 34.8 Å². The Labute approximate surface area is 132 Å². The molecular formula is C17H16FN3O2. The van der Waals surface area contributed by atoms with Crippen molar-refractivity contribution in [2.75, 3.05) is 0 Å². The molecular weight excluding hydrogens is 297 g/mol. The second-order valence-corrected chi connectivity index (χ2v) is 5.25. The van der Waals surface area contributed by atoms with Gasteiger partial charge in [-0.1, -0.05) is 0 Å². The molecule has 0 bridgehead atoms. The lowest BCUT2D eigenvalue weighted by atomic mass is 10.1. The number of carbonyl (C=O) groups excluding carboxylic acids is 1. The maximum absolute atomic E-state index is 13.0. The number of rotatable bonds is 4. The summed E-state index contributed by atoms with van der Waals surface area (Å²) in [4.78, 5) is 12.0. The Morgan fingerprint density at radius 2 is 2.04 bits per heavy atom. The molecule has 1 amide bonds. The van der Waals surface area contributed by atoms with Crippen LogP contribution < -0.4 is 5.32 Å². The molecule has 5 nitrogen and oxygen atoms in total. The molecule has 0 aliphatic heterocycles. The van der Waals surface area contributed by atoms with E-state index in [0.29, 0.717) is 0 Å². The number of benzene rings is 1. The summed E-state index contributed by atoms with van der Waals surface area (Å²) in [6, 6.07) is 9.13. The molecule has 0 radical (unpaired) electrons. The number of halogens is 1. The number of carbonyl (C=O) groups is 1. The second kappa shape index (κ2) is 6.08. The van der Waals surface area contributed by atoms with Crippen molar-refractivity contribution in [3.05, 3.63) is 71.7 Å². The van der Waals surface area contributed by atoms with E-state index >= 15 is 0 Å². The molecule has 3 aromatic rings. The number of amides is 1. The van der Waals surface area contributed by atoms with Gasteiger partial charge >= 0.3 is 0 Å². The molecule has 1 aromatic carbocycles. The molecule has 0 spiro atoms. The number of furan rings is 1. The second-order valence-electron chi connectivity index (χ2n) is 5.25. The smallest absolute Gasteiger partial charge is 0.287 e. The van der Waals surface area contributed by atoms with Crippen LogP contribution in [0.4, 0.5) is 4.39 Å². The minimum absolute atomic E-state index is 0.234. The van der Waals surface area contributed by atoms with Gasteiger partial charge < -0.3 is 9.73 Å². The summed E-state index contributed by atoms with van der Waals surface area (Å²) in [7, 11) is 0. The molecule has 0 saturated carbocycles. The van der Waals surface area contributed by atoms with Crippen LogP contribution in [0.2, 0.25) is 0 Å². The summed E-state index contributed by atoms with van der Waals surface area (Å²) in [6.07, 6.45) is 3.16. The summed E-state index contributed by atoms with van der Waals surface area (Å²) >= 11 is 0. The summed E-state index contributed by atoms with van der Waals surface area (Å²) in [5, 5.41) is 7.19. The minimum atomic E-state index is -0.294. The van der Waals surface area contributed by atoms with E-state index in [0.717, 1.165) is 16.9 Å². The monoisotopic (exact) mass is 313 g/mol. The van der Waals surface area contributed by atoms with Crippen LogP contribution in [0.5, 0.6) is 0 Å². The van der Waals surface area contributed by atoms with E-state index in [1.807, 2.05) is 13.8 Å². The van der Waals surface area contributed by atoms with E-state index in [2.05, 4.69) is 10.4 Å². The van der Waals surface area contributed by atoms with Crippen LogP contribution in [-0.2, 0) is 0 Å². The molecule has 1 unspecified atom stereocenters. The molecule has 118 valence electrons. The molecule has 0 saturated heterocycles. The first-order chi connectivity index (χ1) is 11.1. The van der Waals surface area contributed by atoms with Gasteiger partial charge in [0.25, 0.3) is 5.91 Å². The van der Waals surface area contributed by atoms with Gasteiger partial charge in [-0.05, 0) is 50.2 Å². The lowest BCUT2D eigenvalue weighted by molar-refractivity contribution is 0.0912. The predicted molar refractivity (Wildman–Crippen MR) is 82.8 cm³/mol. The van der Waals surface area contributed by atoms with Crippen LogP contribution in [0.3, 0.4) is 0 Å². The highest BCUT2D eigenvalue weighted by Gasteiger charge is 2.18. The van der Waals surface area contributed by atoms with Gasteiger partial charge in [0.1, 0.15) is 5.82 Å². The fourth-order valence-corrected chi connectivity index (χ4v) is 2.44. The van der Waals surface area contributed by atoms with Crippen molar-refractivity contribution in [3.63, 3.8) is 0 Å². The van der Waals surface area contributed by atoms with E-state index in [-0.39, 0.29) is 23.5 Å². The molecule has 0 aliphatic rings. The van der Waals surface area contributed by atoms with Crippen molar-refractivity contribution in [1.82, 2.24) is 15.1 Å². The molecule has 23 heavy (non-hydrogen) atoms. The first kappa shape index (κ1) is 15.0. The molecule has 2 aromatic heterocycles. The van der Waals surface area contributed by atoms with Gasteiger partial charge in [0, 0.05) is 11.3 Å². The molecule has 0 fully saturated rings. The van der Waals surface area contributed by atoms with Gasteiger partial charge in [0.15, 0.2) is 5.76 Å². The van der Waals surface area contributed by atoms with Crippen molar-refractivity contribution in [2.45, 2.75) is 19.9 Å². The topological polar surface area (TPSA) is 60.1 Å². The zero-order valence-electron chi connectivity index (χ0n) is 12.8. The van der Waals surface area contributed by atoms with Gasteiger partial charge in [-0.3, -0.25) is 4.79 Å². The number of hydrogen-bond donors (Lipinski definition) is 1. The van der Waals surface area contributed by atoms with Gasteiger partial charge in [-0.2, -0.15) is 5.10 Å². The Hall–Kier alpha value is -2.89. The highest BCUT2D eigenvalue weighted by atomic mass is 19.1. The number of aromatic nitrogens is 2. The summed E-state index contributed by atoms with van der Waals surface area (Å²) in [6.45, 7) is 3.78. The summed E-state index contributed by atoms with van der Waals surface area (Å²) in [5.41, 5.74) is 2.53. The molecule has 1 atom stereocenters. The third kappa shape index (κ3) is 3.01. The zero-order chi connectivity index (χ0) is 16.4. The molecule has 0 aliphatic carbocycles. The lowest BCUT2D eigenvalue weighted by Crippen LogP contribution is -2.26.